The van der Waals surface area contributed by atoms with Gasteiger partial charge < -0.3 is 19.3 Å². The van der Waals surface area contributed by atoms with Crippen LogP contribution in [-0.2, 0) is 26.4 Å². The third-order valence-corrected chi connectivity index (χ3v) is 7.26. The smallest absolute Gasteiger partial charge is 0.310 e. The van der Waals surface area contributed by atoms with E-state index < -0.39 is 0 Å². The molecule has 2 saturated heterocycles. The van der Waals surface area contributed by atoms with Crippen LogP contribution in [0.5, 0.6) is 0 Å². The molecule has 0 N–H and O–H groups in total. The van der Waals surface area contributed by atoms with Crippen molar-refractivity contribution in [3.05, 3.63) is 47.2 Å². The first-order chi connectivity index (χ1) is 17.1. The molecule has 1 aromatic carbocycles. The molecule has 9 heteroatoms. The summed E-state index contributed by atoms with van der Waals surface area (Å²) >= 11 is 1.60. The van der Waals surface area contributed by atoms with Crippen LogP contribution in [-0.4, -0.2) is 72.7 Å². The van der Waals surface area contributed by atoms with Gasteiger partial charge in [-0.3, -0.25) is 9.59 Å². The lowest BCUT2D eigenvalue weighted by atomic mass is 9.97. The fourth-order valence-corrected chi connectivity index (χ4v) is 5.18. The number of piperidine rings is 1. The molecular weight excluding hydrogens is 464 g/mol. The van der Waals surface area contributed by atoms with Crippen LogP contribution < -0.4 is 4.90 Å². The van der Waals surface area contributed by atoms with Crippen molar-refractivity contribution in [2.45, 2.75) is 44.0 Å². The average Bonchev–Trinajstić information content (AvgIpc) is 2.92. The number of hydrogen-bond donors (Lipinski definition) is 0. The second-order valence-electron chi connectivity index (χ2n) is 8.78. The minimum Gasteiger partial charge on any atom is -0.466 e. The van der Waals surface area contributed by atoms with Gasteiger partial charge in [0, 0.05) is 49.3 Å². The molecule has 2 aromatic rings. The highest BCUT2D eigenvalue weighted by Crippen LogP contribution is 2.25. The Kier molecular flexibility index (Phi) is 8.98. The third kappa shape index (κ3) is 6.73. The summed E-state index contributed by atoms with van der Waals surface area (Å²) in [4.78, 5) is 38.6. The summed E-state index contributed by atoms with van der Waals surface area (Å²) in [5.41, 5.74) is 2.78. The third-order valence-electron chi connectivity index (χ3n) is 6.34. The summed E-state index contributed by atoms with van der Waals surface area (Å²) in [5, 5.41) is 0.768. The predicted molar refractivity (Wildman–Crippen MR) is 136 cm³/mol. The molecule has 0 bridgehead atoms. The Labute approximate surface area is 211 Å². The summed E-state index contributed by atoms with van der Waals surface area (Å²) in [6.07, 6.45) is 2.44. The van der Waals surface area contributed by atoms with Crippen molar-refractivity contribution in [2.75, 3.05) is 50.9 Å². The van der Waals surface area contributed by atoms with Crippen molar-refractivity contribution in [1.29, 1.82) is 0 Å². The number of rotatable bonds is 8. The summed E-state index contributed by atoms with van der Waals surface area (Å²) in [6, 6.07) is 9.78. The second kappa shape index (κ2) is 12.4. The standard InChI is InChI=1S/C26H34N4O4S/c1-3-22-16-23(29-12-14-33-15-13-29)28-26(27-22)35-18-19-7-9-20(10-8-19)24(31)30-11-5-6-21(17-30)25(32)34-4-2/h7-10,16,21H,3-6,11-15,17-18H2,1-2H3. The van der Waals surface area contributed by atoms with Crippen LogP contribution in [0.2, 0.25) is 0 Å². The molecule has 0 spiro atoms. The van der Waals surface area contributed by atoms with E-state index in [2.05, 4.69) is 17.9 Å². The Morgan fingerprint density at radius 3 is 2.60 bits per heavy atom. The van der Waals surface area contributed by atoms with Gasteiger partial charge in [0.25, 0.3) is 5.91 Å². The lowest BCUT2D eigenvalue weighted by Gasteiger charge is -2.31. The van der Waals surface area contributed by atoms with Gasteiger partial charge in [0.1, 0.15) is 5.82 Å². The van der Waals surface area contributed by atoms with Gasteiger partial charge in [-0.05, 0) is 43.9 Å². The molecule has 2 aliphatic heterocycles. The highest BCUT2D eigenvalue weighted by Gasteiger charge is 2.29. The van der Waals surface area contributed by atoms with Gasteiger partial charge in [-0.15, -0.1) is 0 Å². The van der Waals surface area contributed by atoms with Gasteiger partial charge in [0.15, 0.2) is 5.16 Å². The van der Waals surface area contributed by atoms with Crippen molar-refractivity contribution in [2.24, 2.45) is 5.92 Å². The number of ether oxygens (including phenoxy) is 2. The van der Waals surface area contributed by atoms with Crippen molar-refractivity contribution in [3.63, 3.8) is 0 Å². The number of morpholine rings is 1. The molecule has 2 fully saturated rings. The van der Waals surface area contributed by atoms with Crippen LogP contribution in [0.1, 0.15) is 48.3 Å². The second-order valence-corrected chi connectivity index (χ2v) is 9.72. The number of nitrogens with zero attached hydrogens (tertiary/aromatic N) is 4. The van der Waals surface area contributed by atoms with Crippen molar-refractivity contribution in [3.8, 4) is 0 Å². The zero-order chi connectivity index (χ0) is 24.6. The van der Waals surface area contributed by atoms with Gasteiger partial charge >= 0.3 is 5.97 Å². The van der Waals surface area contributed by atoms with E-state index in [1.165, 1.54) is 0 Å². The number of anilines is 1. The Bertz CT molecular complexity index is 1010. The zero-order valence-electron chi connectivity index (χ0n) is 20.6. The lowest BCUT2D eigenvalue weighted by Crippen LogP contribution is -2.42. The highest BCUT2D eigenvalue weighted by molar-refractivity contribution is 7.98. The van der Waals surface area contributed by atoms with Gasteiger partial charge in [0.2, 0.25) is 0 Å². The lowest BCUT2D eigenvalue weighted by molar-refractivity contribution is -0.149. The number of likely N-dealkylation sites (tertiary alicyclic amines) is 1. The van der Waals surface area contributed by atoms with E-state index in [-0.39, 0.29) is 17.8 Å². The molecule has 0 saturated carbocycles. The largest absolute Gasteiger partial charge is 0.466 e. The SMILES string of the molecule is CCOC(=O)C1CCCN(C(=O)c2ccc(CSc3nc(CC)cc(N4CCOCC4)n3)cc2)C1. The molecule has 188 valence electrons. The monoisotopic (exact) mass is 498 g/mol. The molecule has 3 heterocycles. The maximum atomic E-state index is 13.0. The van der Waals surface area contributed by atoms with E-state index in [0.717, 1.165) is 73.6 Å². The molecule has 1 unspecified atom stereocenters. The predicted octanol–water partition coefficient (Wildman–Crippen LogP) is 3.58. The number of carbonyl (C=O) groups is 2. The fourth-order valence-electron chi connectivity index (χ4n) is 4.35. The van der Waals surface area contributed by atoms with Crippen LogP contribution in [0.25, 0.3) is 0 Å². The van der Waals surface area contributed by atoms with Gasteiger partial charge in [-0.25, -0.2) is 9.97 Å². The zero-order valence-corrected chi connectivity index (χ0v) is 21.4. The maximum absolute atomic E-state index is 13.0. The minimum absolute atomic E-state index is 0.0349. The van der Waals surface area contributed by atoms with Crippen LogP contribution in [0.4, 0.5) is 5.82 Å². The molecule has 0 aliphatic carbocycles. The van der Waals surface area contributed by atoms with E-state index >= 15 is 0 Å². The van der Waals surface area contributed by atoms with E-state index in [1.807, 2.05) is 24.3 Å². The molecule has 35 heavy (non-hydrogen) atoms. The first kappa shape index (κ1) is 25.4. The maximum Gasteiger partial charge on any atom is 0.310 e. The molecule has 1 amide bonds. The quantitative estimate of drug-likeness (QED) is 0.310. The van der Waals surface area contributed by atoms with E-state index in [4.69, 9.17) is 19.4 Å². The number of amides is 1. The first-order valence-electron chi connectivity index (χ1n) is 12.5. The molecular formula is C26H34N4O4S. The molecule has 4 rings (SSSR count). The Morgan fingerprint density at radius 1 is 1.11 bits per heavy atom. The Hall–Kier alpha value is -2.65. The molecule has 0 radical (unpaired) electrons. The summed E-state index contributed by atoms with van der Waals surface area (Å²) < 4.78 is 10.6. The minimum atomic E-state index is -0.232. The van der Waals surface area contributed by atoms with Crippen LogP contribution >= 0.6 is 11.8 Å². The van der Waals surface area contributed by atoms with Crippen LogP contribution in [0.15, 0.2) is 35.5 Å². The highest BCUT2D eigenvalue weighted by atomic mass is 32.2. The van der Waals surface area contributed by atoms with Crippen LogP contribution in [0, 0.1) is 5.92 Å². The fraction of sp³-hybridized carbons (Fsp3) is 0.538. The van der Waals surface area contributed by atoms with E-state index in [9.17, 15) is 9.59 Å². The molecule has 1 atom stereocenters. The summed E-state index contributed by atoms with van der Waals surface area (Å²) in [5.74, 6) is 1.21. The number of thioether (sulfide) groups is 1. The average molecular weight is 499 g/mol. The number of aromatic nitrogens is 2. The summed E-state index contributed by atoms with van der Waals surface area (Å²) in [7, 11) is 0. The normalized spacial score (nSPS) is 18.4. The van der Waals surface area contributed by atoms with Gasteiger partial charge in [-0.2, -0.15) is 0 Å². The topological polar surface area (TPSA) is 84.9 Å². The Morgan fingerprint density at radius 2 is 1.89 bits per heavy atom. The van der Waals surface area contributed by atoms with E-state index in [1.54, 1.807) is 23.6 Å². The number of benzene rings is 1. The first-order valence-corrected chi connectivity index (χ1v) is 13.4. The van der Waals surface area contributed by atoms with Crippen LogP contribution in [0.3, 0.4) is 0 Å². The van der Waals surface area contributed by atoms with E-state index in [0.29, 0.717) is 25.3 Å². The Balaban J connectivity index is 1.36. The molecule has 8 nitrogen and oxygen atoms in total. The number of hydrogen-bond acceptors (Lipinski definition) is 8. The van der Waals surface area contributed by atoms with Crippen molar-refractivity contribution in [1.82, 2.24) is 14.9 Å². The van der Waals surface area contributed by atoms with Gasteiger partial charge in [-0.1, -0.05) is 30.8 Å². The number of esters is 1. The van der Waals surface area contributed by atoms with Crippen molar-refractivity contribution < 1.29 is 19.1 Å². The molecule has 1 aromatic heterocycles. The molecule has 2 aliphatic rings. The van der Waals surface area contributed by atoms with Crippen molar-refractivity contribution >= 4 is 29.5 Å². The summed E-state index contributed by atoms with van der Waals surface area (Å²) in [6.45, 7) is 8.50. The number of carbonyl (C=O) groups excluding carboxylic acids is 2. The number of aryl methyl sites for hydroxylation is 1. The van der Waals surface area contributed by atoms with Gasteiger partial charge in [0.05, 0.1) is 25.7 Å².